The molecule has 3 heterocycles. The number of anilines is 1. The van der Waals surface area contributed by atoms with Gasteiger partial charge in [-0.2, -0.15) is 0 Å². The molecule has 5 nitrogen and oxygen atoms in total. The number of carbonyl (C=O) groups excluding carboxylic acids is 1. The van der Waals surface area contributed by atoms with E-state index in [1.165, 1.54) is 22.6 Å². The van der Waals surface area contributed by atoms with Crippen LogP contribution in [0.2, 0.25) is 0 Å². The van der Waals surface area contributed by atoms with Crippen LogP contribution in [0, 0.1) is 6.92 Å². The zero-order valence-corrected chi connectivity index (χ0v) is 11.4. The van der Waals surface area contributed by atoms with E-state index in [1.54, 1.807) is 13.0 Å². The molecule has 1 aliphatic heterocycles. The van der Waals surface area contributed by atoms with Crippen LogP contribution >= 0.6 is 11.3 Å². The maximum atomic E-state index is 12.0. The lowest BCUT2D eigenvalue weighted by Crippen LogP contribution is -2.11. The fourth-order valence-corrected chi connectivity index (χ4v) is 3.21. The zero-order chi connectivity index (χ0) is 13.2. The fraction of sp³-hybridized carbons (Fsp3) is 0.385. The normalized spacial score (nSPS) is 18.7. The minimum atomic E-state index is -0.137. The molecule has 1 unspecified atom stereocenters. The van der Waals surface area contributed by atoms with E-state index in [-0.39, 0.29) is 5.91 Å². The summed E-state index contributed by atoms with van der Waals surface area (Å²) in [5, 5.41) is 9.91. The van der Waals surface area contributed by atoms with Crippen molar-refractivity contribution in [2.45, 2.75) is 25.8 Å². The molecule has 0 saturated carbocycles. The number of aromatic nitrogens is 1. The third kappa shape index (κ3) is 2.69. The van der Waals surface area contributed by atoms with Crippen LogP contribution in [-0.2, 0) is 0 Å². The van der Waals surface area contributed by atoms with Gasteiger partial charge in [0.2, 0.25) is 0 Å². The average molecular weight is 277 g/mol. The van der Waals surface area contributed by atoms with Gasteiger partial charge in [-0.15, -0.1) is 11.3 Å². The van der Waals surface area contributed by atoms with Crippen LogP contribution in [0.3, 0.4) is 0 Å². The minimum absolute atomic E-state index is 0.137. The second-order valence-electron chi connectivity index (χ2n) is 4.63. The molecule has 6 heteroatoms. The molecule has 0 bridgehead atoms. The van der Waals surface area contributed by atoms with Crippen LogP contribution in [-0.4, -0.2) is 17.6 Å². The van der Waals surface area contributed by atoms with E-state index >= 15 is 0 Å². The number of amides is 1. The molecule has 3 rings (SSSR count). The van der Waals surface area contributed by atoms with E-state index in [0.717, 1.165) is 13.0 Å². The van der Waals surface area contributed by atoms with Crippen molar-refractivity contribution >= 4 is 23.1 Å². The molecule has 0 aliphatic carbocycles. The van der Waals surface area contributed by atoms with Gasteiger partial charge in [-0.25, -0.2) is 0 Å². The number of thiophene rings is 1. The summed E-state index contributed by atoms with van der Waals surface area (Å²) in [6, 6.07) is 5.99. The third-order valence-corrected chi connectivity index (χ3v) is 4.32. The van der Waals surface area contributed by atoms with E-state index in [4.69, 9.17) is 4.52 Å². The van der Waals surface area contributed by atoms with Crippen molar-refractivity contribution in [2.24, 2.45) is 0 Å². The van der Waals surface area contributed by atoms with Gasteiger partial charge in [-0.3, -0.25) is 4.79 Å². The van der Waals surface area contributed by atoms with Crippen molar-refractivity contribution in [1.29, 1.82) is 0 Å². The molecule has 100 valence electrons. The van der Waals surface area contributed by atoms with E-state index in [1.807, 2.05) is 12.1 Å². The molecule has 1 aliphatic rings. The first kappa shape index (κ1) is 12.4. The first-order valence-corrected chi connectivity index (χ1v) is 7.12. The summed E-state index contributed by atoms with van der Waals surface area (Å²) in [4.78, 5) is 14.0. The molecule has 0 radical (unpaired) electrons. The van der Waals surface area contributed by atoms with E-state index < -0.39 is 0 Å². The number of carbonyl (C=O) groups is 1. The summed E-state index contributed by atoms with van der Waals surface area (Å²) < 4.78 is 4.92. The number of nitrogens with zero attached hydrogens (tertiary/aromatic N) is 1. The first-order chi connectivity index (χ1) is 9.22. The van der Waals surface area contributed by atoms with Gasteiger partial charge in [0.1, 0.15) is 5.76 Å². The molecule has 0 aromatic carbocycles. The maximum absolute atomic E-state index is 12.0. The Balaban J connectivity index is 1.69. The smallest absolute Gasteiger partial charge is 0.266 e. The Morgan fingerprint density at radius 3 is 3.16 bits per heavy atom. The van der Waals surface area contributed by atoms with Gasteiger partial charge in [0.05, 0.1) is 4.88 Å². The second-order valence-corrected chi connectivity index (χ2v) is 5.74. The second kappa shape index (κ2) is 5.14. The summed E-state index contributed by atoms with van der Waals surface area (Å²) >= 11 is 1.53. The van der Waals surface area contributed by atoms with Crippen molar-refractivity contribution in [3.63, 3.8) is 0 Å². The molecular weight excluding hydrogens is 262 g/mol. The molecule has 2 aromatic heterocycles. The van der Waals surface area contributed by atoms with Gasteiger partial charge in [0.25, 0.3) is 5.91 Å². The summed E-state index contributed by atoms with van der Waals surface area (Å²) in [6.07, 6.45) is 2.34. The van der Waals surface area contributed by atoms with Crippen molar-refractivity contribution < 1.29 is 9.32 Å². The van der Waals surface area contributed by atoms with Crippen molar-refractivity contribution in [3.05, 3.63) is 33.7 Å². The number of hydrogen-bond donors (Lipinski definition) is 2. The Kier molecular flexibility index (Phi) is 3.35. The molecule has 1 atom stereocenters. The van der Waals surface area contributed by atoms with Crippen LogP contribution in [0.4, 0.5) is 5.82 Å². The predicted octanol–water partition coefficient (Wildman–Crippen LogP) is 2.72. The summed E-state index contributed by atoms with van der Waals surface area (Å²) in [5.41, 5.74) is 0. The van der Waals surface area contributed by atoms with E-state index in [9.17, 15) is 4.79 Å². The van der Waals surface area contributed by atoms with Crippen molar-refractivity contribution in [3.8, 4) is 0 Å². The van der Waals surface area contributed by atoms with E-state index in [2.05, 4.69) is 15.8 Å². The lowest BCUT2D eigenvalue weighted by Gasteiger charge is -2.05. The first-order valence-electron chi connectivity index (χ1n) is 6.30. The Morgan fingerprint density at radius 2 is 2.47 bits per heavy atom. The Bertz CT molecular complexity index is 584. The van der Waals surface area contributed by atoms with Gasteiger partial charge in [-0.1, -0.05) is 5.16 Å². The highest BCUT2D eigenvalue weighted by atomic mass is 32.1. The van der Waals surface area contributed by atoms with E-state index in [0.29, 0.717) is 22.5 Å². The highest BCUT2D eigenvalue weighted by Crippen LogP contribution is 2.29. The van der Waals surface area contributed by atoms with Crippen LogP contribution in [0.1, 0.15) is 39.2 Å². The highest BCUT2D eigenvalue weighted by Gasteiger charge is 2.19. The largest absolute Gasteiger partial charge is 0.360 e. The molecule has 2 N–H and O–H groups in total. The predicted molar refractivity (Wildman–Crippen MR) is 73.5 cm³/mol. The zero-order valence-electron chi connectivity index (χ0n) is 10.6. The number of rotatable bonds is 3. The molecular formula is C13H15N3O2S. The average Bonchev–Trinajstić information content (AvgIpc) is 3.08. The lowest BCUT2D eigenvalue weighted by atomic mass is 10.2. The molecule has 19 heavy (non-hydrogen) atoms. The van der Waals surface area contributed by atoms with Crippen LogP contribution in [0.15, 0.2) is 22.7 Å². The Morgan fingerprint density at radius 1 is 1.58 bits per heavy atom. The number of aryl methyl sites for hydroxylation is 1. The highest BCUT2D eigenvalue weighted by molar-refractivity contribution is 7.14. The number of hydrogen-bond acceptors (Lipinski definition) is 5. The standard InChI is InChI=1S/C13H15N3O2S/c1-8-7-12(16-18-8)15-13(17)11-5-4-10(19-11)9-3-2-6-14-9/h4-5,7,9,14H,2-3,6H2,1H3,(H,15,16,17). The molecule has 1 amide bonds. The SMILES string of the molecule is Cc1cc(NC(=O)c2ccc(C3CCCN3)s2)no1. The third-order valence-electron chi connectivity index (χ3n) is 3.12. The van der Waals surface area contributed by atoms with Crippen LogP contribution in [0.25, 0.3) is 0 Å². The topological polar surface area (TPSA) is 67.2 Å². The van der Waals surface area contributed by atoms with Gasteiger partial charge in [0, 0.05) is 17.0 Å². The maximum Gasteiger partial charge on any atom is 0.266 e. The lowest BCUT2D eigenvalue weighted by molar-refractivity contribution is 0.102. The van der Waals surface area contributed by atoms with Crippen LogP contribution < -0.4 is 10.6 Å². The molecule has 2 aromatic rings. The molecule has 0 spiro atoms. The van der Waals surface area contributed by atoms with Crippen LogP contribution in [0.5, 0.6) is 0 Å². The monoisotopic (exact) mass is 277 g/mol. The summed E-state index contributed by atoms with van der Waals surface area (Å²) in [5.74, 6) is 0.997. The fourth-order valence-electron chi connectivity index (χ4n) is 2.19. The van der Waals surface area contributed by atoms with Gasteiger partial charge in [0.15, 0.2) is 5.82 Å². The molecule has 1 saturated heterocycles. The quantitative estimate of drug-likeness (QED) is 0.905. The summed E-state index contributed by atoms with van der Waals surface area (Å²) in [7, 11) is 0. The van der Waals surface area contributed by atoms with Crippen molar-refractivity contribution in [2.75, 3.05) is 11.9 Å². The van der Waals surface area contributed by atoms with Gasteiger partial charge in [-0.05, 0) is 38.4 Å². The molecule has 1 fully saturated rings. The van der Waals surface area contributed by atoms with Gasteiger partial charge >= 0.3 is 0 Å². The number of nitrogens with one attached hydrogen (secondary N) is 2. The Labute approximate surface area is 115 Å². The summed E-state index contributed by atoms with van der Waals surface area (Å²) in [6.45, 7) is 2.85. The van der Waals surface area contributed by atoms with Gasteiger partial charge < -0.3 is 15.2 Å². The van der Waals surface area contributed by atoms with Crippen molar-refractivity contribution in [1.82, 2.24) is 10.5 Å². The Hall–Kier alpha value is -1.66. The minimum Gasteiger partial charge on any atom is -0.360 e.